The number of rotatable bonds is 6. The molecule has 0 N–H and O–H groups in total. The van der Waals surface area contributed by atoms with Gasteiger partial charge < -0.3 is 13.9 Å². The van der Waals surface area contributed by atoms with E-state index in [0.29, 0.717) is 5.89 Å². The third-order valence-electron chi connectivity index (χ3n) is 11.8. The van der Waals surface area contributed by atoms with Crippen molar-refractivity contribution in [1.82, 2.24) is 9.55 Å². The zero-order valence-electron chi connectivity index (χ0n) is 32.0. The number of para-hydroxylation sites is 4. The Bertz CT molecular complexity index is 3510. The van der Waals surface area contributed by atoms with Gasteiger partial charge in [-0.1, -0.05) is 140 Å². The van der Waals surface area contributed by atoms with E-state index in [1.807, 2.05) is 30.3 Å². The smallest absolute Gasteiger partial charge is 0.227 e. The molecule has 2 heterocycles. The highest BCUT2D eigenvalue weighted by molar-refractivity contribution is 6.26. The van der Waals surface area contributed by atoms with Crippen molar-refractivity contribution in [2.45, 2.75) is 0 Å². The van der Waals surface area contributed by atoms with E-state index in [-0.39, 0.29) is 0 Å². The normalized spacial score (nSPS) is 11.7. The van der Waals surface area contributed by atoms with E-state index in [4.69, 9.17) is 9.40 Å². The molecule has 0 aliphatic heterocycles. The van der Waals surface area contributed by atoms with Crippen LogP contribution in [-0.4, -0.2) is 9.55 Å². The Morgan fingerprint density at radius 1 is 0.424 bits per heavy atom. The molecule has 0 fully saturated rings. The second-order valence-electron chi connectivity index (χ2n) is 15.1. The molecule has 2 aromatic heterocycles. The molecule has 276 valence electrons. The van der Waals surface area contributed by atoms with Gasteiger partial charge >= 0.3 is 0 Å². The minimum Gasteiger partial charge on any atom is -0.435 e. The highest BCUT2D eigenvalue weighted by Crippen LogP contribution is 2.44. The van der Waals surface area contributed by atoms with Gasteiger partial charge in [0, 0.05) is 49.7 Å². The fraction of sp³-hybridized carbons (Fsp3) is 0. The minimum atomic E-state index is 0.632. The molecule has 0 aliphatic carbocycles. The summed E-state index contributed by atoms with van der Waals surface area (Å²) >= 11 is 0. The van der Waals surface area contributed by atoms with Gasteiger partial charge in [-0.25, -0.2) is 4.98 Å². The molecule has 0 radical (unpaired) electrons. The molecule has 0 saturated heterocycles. The molecule has 0 aliphatic rings. The van der Waals surface area contributed by atoms with Gasteiger partial charge in [-0.3, -0.25) is 0 Å². The van der Waals surface area contributed by atoms with Crippen LogP contribution in [0.1, 0.15) is 0 Å². The van der Waals surface area contributed by atoms with Gasteiger partial charge in [-0.15, -0.1) is 0 Å². The molecule has 4 heteroatoms. The van der Waals surface area contributed by atoms with Crippen LogP contribution in [0.25, 0.3) is 93.5 Å². The van der Waals surface area contributed by atoms with Crippen molar-refractivity contribution in [1.29, 1.82) is 0 Å². The molecule has 0 spiro atoms. The van der Waals surface area contributed by atoms with Crippen molar-refractivity contribution in [3.8, 4) is 28.3 Å². The summed E-state index contributed by atoms with van der Waals surface area (Å²) in [5.41, 5.74) is 11.7. The van der Waals surface area contributed by atoms with Gasteiger partial charge in [-0.05, 0) is 99.9 Å². The number of nitrogens with zero attached hydrogens (tertiary/aromatic N) is 3. The van der Waals surface area contributed by atoms with Gasteiger partial charge in [-0.2, -0.15) is 0 Å². The largest absolute Gasteiger partial charge is 0.435 e. The molecular weight excluding hydrogens is 719 g/mol. The second-order valence-corrected chi connectivity index (χ2v) is 15.1. The molecular formula is C55H35N3O. The third kappa shape index (κ3) is 5.34. The Morgan fingerprint density at radius 2 is 1.05 bits per heavy atom. The third-order valence-corrected chi connectivity index (χ3v) is 11.8. The van der Waals surface area contributed by atoms with Crippen LogP contribution < -0.4 is 4.90 Å². The molecule has 0 unspecified atom stereocenters. The molecule has 0 atom stereocenters. The maximum absolute atomic E-state index is 6.60. The molecule has 12 rings (SSSR count). The summed E-state index contributed by atoms with van der Waals surface area (Å²) in [6.07, 6.45) is 0. The topological polar surface area (TPSA) is 34.2 Å². The highest BCUT2D eigenvalue weighted by atomic mass is 16.3. The van der Waals surface area contributed by atoms with Crippen LogP contribution in [0.2, 0.25) is 0 Å². The second kappa shape index (κ2) is 13.3. The van der Waals surface area contributed by atoms with E-state index in [2.05, 4.69) is 191 Å². The Balaban J connectivity index is 1.03. The summed E-state index contributed by atoms with van der Waals surface area (Å²) in [5.74, 6) is 0.632. The first-order chi connectivity index (χ1) is 29.3. The predicted octanol–water partition coefficient (Wildman–Crippen LogP) is 15.2. The standard InChI is InChI=1S/C55H35N3O/c1-3-14-38(15-4-1)55-56-48-33-31-37-27-26-36-28-29-40-34-39(30-32-45(40)52(36)53(37)54(48)59-55)44-20-7-10-23-49(44)57(41-16-5-2-6-17-41)42-18-13-19-43(35-42)58-50-24-11-8-21-46(50)47-22-9-12-25-51(47)58/h1-35H. The van der Waals surface area contributed by atoms with E-state index >= 15 is 0 Å². The van der Waals surface area contributed by atoms with E-state index in [1.165, 1.54) is 38.0 Å². The van der Waals surface area contributed by atoms with Gasteiger partial charge in [0.2, 0.25) is 5.89 Å². The molecule has 10 aromatic carbocycles. The molecule has 0 bridgehead atoms. The number of fused-ring (bicyclic) bond motifs is 10. The number of benzene rings is 10. The lowest BCUT2D eigenvalue weighted by Gasteiger charge is -2.28. The Labute approximate surface area is 340 Å². The van der Waals surface area contributed by atoms with Gasteiger partial charge in [0.05, 0.1) is 16.7 Å². The first kappa shape index (κ1) is 33.2. The maximum Gasteiger partial charge on any atom is 0.227 e. The quantitative estimate of drug-likeness (QED) is 0.159. The Hall–Kier alpha value is -7.95. The van der Waals surface area contributed by atoms with Crippen molar-refractivity contribution in [3.05, 3.63) is 212 Å². The summed E-state index contributed by atoms with van der Waals surface area (Å²) in [4.78, 5) is 7.31. The van der Waals surface area contributed by atoms with Crippen molar-refractivity contribution in [3.63, 3.8) is 0 Å². The van der Waals surface area contributed by atoms with Crippen LogP contribution in [0.4, 0.5) is 17.1 Å². The van der Waals surface area contributed by atoms with Crippen LogP contribution in [-0.2, 0) is 0 Å². The Kier molecular flexibility index (Phi) is 7.50. The maximum atomic E-state index is 6.60. The summed E-state index contributed by atoms with van der Waals surface area (Å²) < 4.78 is 8.98. The molecule has 0 saturated carbocycles. The summed E-state index contributed by atoms with van der Waals surface area (Å²) in [6.45, 7) is 0. The lowest BCUT2D eigenvalue weighted by molar-refractivity contribution is 0.623. The van der Waals surface area contributed by atoms with Crippen molar-refractivity contribution < 1.29 is 4.42 Å². The SMILES string of the molecule is c1ccc(-c2nc3ccc4ccc5ccc6cc(-c7ccccc7N(c7ccccc7)c7cccc(-n8c9ccccc9c9ccccc98)c7)ccc6c5c4c3o2)cc1. The van der Waals surface area contributed by atoms with E-state index < -0.39 is 0 Å². The number of oxazole rings is 1. The minimum absolute atomic E-state index is 0.632. The van der Waals surface area contributed by atoms with Crippen molar-refractivity contribution in [2.75, 3.05) is 4.90 Å². The predicted molar refractivity (Wildman–Crippen MR) is 246 cm³/mol. The summed E-state index contributed by atoms with van der Waals surface area (Å²) in [5, 5.41) is 9.40. The highest BCUT2D eigenvalue weighted by Gasteiger charge is 2.20. The zero-order chi connectivity index (χ0) is 38.9. The average molecular weight is 754 g/mol. The van der Waals surface area contributed by atoms with Crippen molar-refractivity contribution >= 4 is 82.3 Å². The average Bonchev–Trinajstić information content (AvgIpc) is 3.90. The number of hydrogen-bond donors (Lipinski definition) is 0. The van der Waals surface area contributed by atoms with Crippen LogP contribution in [0, 0.1) is 0 Å². The van der Waals surface area contributed by atoms with E-state index in [1.54, 1.807) is 0 Å². The number of aromatic nitrogens is 2. The Morgan fingerprint density at radius 3 is 1.83 bits per heavy atom. The van der Waals surface area contributed by atoms with Crippen LogP contribution in [0.15, 0.2) is 217 Å². The molecule has 59 heavy (non-hydrogen) atoms. The monoisotopic (exact) mass is 753 g/mol. The molecule has 4 nitrogen and oxygen atoms in total. The molecule has 12 aromatic rings. The number of anilines is 3. The summed E-state index contributed by atoms with van der Waals surface area (Å²) in [7, 11) is 0. The van der Waals surface area contributed by atoms with Crippen molar-refractivity contribution in [2.24, 2.45) is 0 Å². The van der Waals surface area contributed by atoms with Gasteiger partial charge in [0.25, 0.3) is 0 Å². The lowest BCUT2D eigenvalue weighted by atomic mass is 9.93. The van der Waals surface area contributed by atoms with E-state index in [0.717, 1.165) is 66.7 Å². The van der Waals surface area contributed by atoms with Gasteiger partial charge in [0.15, 0.2) is 5.58 Å². The molecule has 0 amide bonds. The van der Waals surface area contributed by atoms with Crippen LogP contribution >= 0.6 is 0 Å². The lowest BCUT2D eigenvalue weighted by Crippen LogP contribution is -2.11. The zero-order valence-corrected chi connectivity index (χ0v) is 32.0. The van der Waals surface area contributed by atoms with Crippen LogP contribution in [0.5, 0.6) is 0 Å². The summed E-state index contributed by atoms with van der Waals surface area (Å²) in [6, 6.07) is 75.8. The fourth-order valence-corrected chi connectivity index (χ4v) is 9.11. The first-order valence-corrected chi connectivity index (χ1v) is 20.0. The first-order valence-electron chi connectivity index (χ1n) is 20.0. The van der Waals surface area contributed by atoms with Gasteiger partial charge in [0.1, 0.15) is 5.52 Å². The number of hydrogen-bond acceptors (Lipinski definition) is 3. The fourth-order valence-electron chi connectivity index (χ4n) is 9.11. The van der Waals surface area contributed by atoms with E-state index in [9.17, 15) is 0 Å². The van der Waals surface area contributed by atoms with Crippen LogP contribution in [0.3, 0.4) is 0 Å².